The highest BCUT2D eigenvalue weighted by molar-refractivity contribution is 5.90. The van der Waals surface area contributed by atoms with Crippen molar-refractivity contribution in [2.45, 2.75) is 38.0 Å². The minimum Gasteiger partial charge on any atom is -0.295 e. The molecule has 1 aromatic rings. The first kappa shape index (κ1) is 10.8. The SMILES string of the molecule is O=C1C=C(C2CC2c2ccccc2)CCCC1. The Morgan fingerprint density at radius 3 is 2.53 bits per heavy atom. The summed E-state index contributed by atoms with van der Waals surface area (Å²) in [5.74, 6) is 1.67. The van der Waals surface area contributed by atoms with Gasteiger partial charge in [-0.25, -0.2) is 0 Å². The average Bonchev–Trinajstić information content (AvgIpc) is 3.14. The van der Waals surface area contributed by atoms with E-state index in [1.807, 2.05) is 6.08 Å². The van der Waals surface area contributed by atoms with Gasteiger partial charge in [-0.2, -0.15) is 0 Å². The van der Waals surface area contributed by atoms with Crippen LogP contribution in [0.2, 0.25) is 0 Å². The Morgan fingerprint density at radius 2 is 1.71 bits per heavy atom. The van der Waals surface area contributed by atoms with Crippen molar-refractivity contribution in [2.24, 2.45) is 5.92 Å². The molecular weight excluding hydrogens is 208 g/mol. The number of hydrogen-bond donors (Lipinski definition) is 0. The molecule has 0 aromatic heterocycles. The van der Waals surface area contributed by atoms with Crippen molar-refractivity contribution in [1.82, 2.24) is 0 Å². The second-order valence-electron chi connectivity index (χ2n) is 5.25. The van der Waals surface area contributed by atoms with Gasteiger partial charge in [-0.05, 0) is 49.2 Å². The first-order chi connectivity index (χ1) is 8.34. The largest absolute Gasteiger partial charge is 0.295 e. The number of carbonyl (C=O) groups is 1. The normalized spacial score (nSPS) is 28.5. The minimum atomic E-state index is 0.344. The number of hydrogen-bond acceptors (Lipinski definition) is 1. The molecule has 1 fully saturated rings. The van der Waals surface area contributed by atoms with Gasteiger partial charge in [-0.1, -0.05) is 35.9 Å². The van der Waals surface area contributed by atoms with E-state index in [0.29, 0.717) is 17.6 Å². The van der Waals surface area contributed by atoms with Gasteiger partial charge in [0, 0.05) is 6.42 Å². The van der Waals surface area contributed by atoms with Gasteiger partial charge in [-0.15, -0.1) is 0 Å². The van der Waals surface area contributed by atoms with Crippen molar-refractivity contribution in [1.29, 1.82) is 0 Å². The lowest BCUT2D eigenvalue weighted by Gasteiger charge is -2.04. The van der Waals surface area contributed by atoms with Crippen molar-refractivity contribution >= 4 is 5.78 Å². The molecule has 1 saturated carbocycles. The maximum absolute atomic E-state index is 11.6. The summed E-state index contributed by atoms with van der Waals surface area (Å²) in [6.45, 7) is 0. The maximum Gasteiger partial charge on any atom is 0.155 e. The van der Waals surface area contributed by atoms with E-state index in [9.17, 15) is 4.79 Å². The zero-order valence-electron chi connectivity index (χ0n) is 10.1. The van der Waals surface area contributed by atoms with E-state index in [2.05, 4.69) is 30.3 Å². The zero-order chi connectivity index (χ0) is 11.7. The quantitative estimate of drug-likeness (QED) is 0.748. The lowest BCUT2D eigenvalue weighted by Crippen LogP contribution is -1.93. The van der Waals surface area contributed by atoms with Crippen molar-refractivity contribution in [3.05, 3.63) is 47.5 Å². The molecular formula is C16H18O. The molecule has 0 amide bonds. The maximum atomic E-state index is 11.6. The Labute approximate surface area is 103 Å². The van der Waals surface area contributed by atoms with Gasteiger partial charge in [0.1, 0.15) is 0 Å². The summed E-state index contributed by atoms with van der Waals surface area (Å²) in [5, 5.41) is 0. The lowest BCUT2D eigenvalue weighted by atomic mass is 10.0. The fraction of sp³-hybridized carbons (Fsp3) is 0.438. The van der Waals surface area contributed by atoms with Gasteiger partial charge in [0.2, 0.25) is 0 Å². The Morgan fingerprint density at radius 1 is 0.941 bits per heavy atom. The second kappa shape index (κ2) is 4.48. The molecule has 0 heterocycles. The number of allylic oxidation sites excluding steroid dienone is 2. The Hall–Kier alpha value is -1.37. The lowest BCUT2D eigenvalue weighted by molar-refractivity contribution is -0.114. The Bertz CT molecular complexity index is 444. The molecule has 1 aromatic carbocycles. The summed E-state index contributed by atoms with van der Waals surface area (Å²) in [4.78, 5) is 11.6. The molecule has 3 rings (SSSR count). The monoisotopic (exact) mass is 226 g/mol. The van der Waals surface area contributed by atoms with Crippen LogP contribution in [0.15, 0.2) is 42.0 Å². The standard InChI is InChI=1S/C16H18O/c17-14-9-5-4-8-13(10-14)16-11-15(16)12-6-2-1-3-7-12/h1-3,6-7,10,15-16H,4-5,8-9,11H2. The van der Waals surface area contributed by atoms with Crippen LogP contribution in [0.25, 0.3) is 0 Å². The highest BCUT2D eigenvalue weighted by atomic mass is 16.1. The molecule has 2 unspecified atom stereocenters. The van der Waals surface area contributed by atoms with E-state index in [-0.39, 0.29) is 0 Å². The van der Waals surface area contributed by atoms with Gasteiger partial charge in [0.05, 0.1) is 0 Å². The van der Waals surface area contributed by atoms with E-state index in [0.717, 1.165) is 19.3 Å². The third-order valence-electron chi connectivity index (χ3n) is 3.98. The second-order valence-corrected chi connectivity index (χ2v) is 5.25. The van der Waals surface area contributed by atoms with Gasteiger partial charge in [-0.3, -0.25) is 4.79 Å². The van der Waals surface area contributed by atoms with E-state index in [1.54, 1.807) is 0 Å². The topological polar surface area (TPSA) is 17.1 Å². The molecule has 2 aliphatic rings. The van der Waals surface area contributed by atoms with Crippen molar-refractivity contribution in [2.75, 3.05) is 0 Å². The average molecular weight is 226 g/mol. The summed E-state index contributed by atoms with van der Waals surface area (Å²) in [7, 11) is 0. The first-order valence-electron chi connectivity index (χ1n) is 6.63. The molecule has 2 aliphatic carbocycles. The van der Waals surface area contributed by atoms with E-state index >= 15 is 0 Å². The third-order valence-corrected chi connectivity index (χ3v) is 3.98. The fourth-order valence-electron chi connectivity index (χ4n) is 2.95. The predicted molar refractivity (Wildman–Crippen MR) is 68.8 cm³/mol. The van der Waals surface area contributed by atoms with Crippen molar-refractivity contribution in [3.8, 4) is 0 Å². The van der Waals surface area contributed by atoms with Crippen LogP contribution in [0.3, 0.4) is 0 Å². The number of ketones is 1. The third kappa shape index (κ3) is 2.33. The van der Waals surface area contributed by atoms with Gasteiger partial charge >= 0.3 is 0 Å². The summed E-state index contributed by atoms with van der Waals surface area (Å²) in [6.07, 6.45) is 7.34. The minimum absolute atomic E-state index is 0.344. The van der Waals surface area contributed by atoms with Gasteiger partial charge in [0.15, 0.2) is 5.78 Å². The van der Waals surface area contributed by atoms with Gasteiger partial charge in [0.25, 0.3) is 0 Å². The molecule has 0 radical (unpaired) electrons. The van der Waals surface area contributed by atoms with E-state index in [4.69, 9.17) is 0 Å². The van der Waals surface area contributed by atoms with Crippen LogP contribution in [0.1, 0.15) is 43.6 Å². The molecule has 0 saturated heterocycles. The first-order valence-corrected chi connectivity index (χ1v) is 6.63. The van der Waals surface area contributed by atoms with Gasteiger partial charge < -0.3 is 0 Å². The van der Waals surface area contributed by atoms with Crippen molar-refractivity contribution in [3.63, 3.8) is 0 Å². The van der Waals surface area contributed by atoms with Crippen LogP contribution in [0, 0.1) is 5.92 Å². The smallest absolute Gasteiger partial charge is 0.155 e. The molecule has 88 valence electrons. The molecule has 0 N–H and O–H groups in total. The summed E-state index contributed by atoms with van der Waals surface area (Å²) in [6, 6.07) is 10.7. The highest BCUT2D eigenvalue weighted by Crippen LogP contribution is 2.53. The van der Waals surface area contributed by atoms with Crippen LogP contribution >= 0.6 is 0 Å². The number of benzene rings is 1. The zero-order valence-corrected chi connectivity index (χ0v) is 10.1. The van der Waals surface area contributed by atoms with Crippen LogP contribution in [0.4, 0.5) is 0 Å². The molecule has 0 bridgehead atoms. The van der Waals surface area contributed by atoms with Crippen LogP contribution < -0.4 is 0 Å². The molecule has 1 heteroatoms. The molecule has 0 spiro atoms. The van der Waals surface area contributed by atoms with E-state index in [1.165, 1.54) is 24.0 Å². The Balaban J connectivity index is 1.74. The Kier molecular flexibility index (Phi) is 2.84. The molecule has 2 atom stereocenters. The van der Waals surface area contributed by atoms with Crippen LogP contribution in [0.5, 0.6) is 0 Å². The van der Waals surface area contributed by atoms with Crippen molar-refractivity contribution < 1.29 is 4.79 Å². The fourth-order valence-corrected chi connectivity index (χ4v) is 2.95. The molecule has 1 nitrogen and oxygen atoms in total. The van der Waals surface area contributed by atoms with Crippen LogP contribution in [-0.2, 0) is 4.79 Å². The predicted octanol–water partition coefficient (Wildman–Crippen LogP) is 3.86. The van der Waals surface area contributed by atoms with Crippen LogP contribution in [-0.4, -0.2) is 5.78 Å². The van der Waals surface area contributed by atoms with E-state index < -0.39 is 0 Å². The molecule has 17 heavy (non-hydrogen) atoms. The highest BCUT2D eigenvalue weighted by Gasteiger charge is 2.40. The summed E-state index contributed by atoms with van der Waals surface area (Å²) >= 11 is 0. The summed E-state index contributed by atoms with van der Waals surface area (Å²) in [5.41, 5.74) is 2.86. The summed E-state index contributed by atoms with van der Waals surface area (Å²) < 4.78 is 0. The number of carbonyl (C=O) groups excluding carboxylic acids is 1. The molecule has 0 aliphatic heterocycles. The number of rotatable bonds is 2.